The van der Waals surface area contributed by atoms with Gasteiger partial charge in [0.1, 0.15) is 0 Å². The van der Waals surface area contributed by atoms with Crippen molar-refractivity contribution in [1.29, 1.82) is 0 Å². The minimum atomic E-state index is -0.111. The highest BCUT2D eigenvalue weighted by molar-refractivity contribution is 6.01. The molecule has 2 aliphatic rings. The predicted octanol–water partition coefficient (Wildman–Crippen LogP) is 3.46. The van der Waals surface area contributed by atoms with Gasteiger partial charge >= 0.3 is 0 Å². The van der Waals surface area contributed by atoms with Gasteiger partial charge in [0.25, 0.3) is 0 Å². The summed E-state index contributed by atoms with van der Waals surface area (Å²) in [5.41, 5.74) is 3.52. The SMILES string of the molecule is c1ccc(CN2CCC3(CC(c4ccccc4)=NO3)C2)cc1. The van der Waals surface area contributed by atoms with Crippen LogP contribution in [0.5, 0.6) is 0 Å². The molecule has 112 valence electrons. The van der Waals surface area contributed by atoms with E-state index in [1.54, 1.807) is 0 Å². The molecule has 22 heavy (non-hydrogen) atoms. The molecule has 0 radical (unpaired) electrons. The second-order valence-corrected chi connectivity index (χ2v) is 6.30. The molecule has 3 nitrogen and oxygen atoms in total. The van der Waals surface area contributed by atoms with Gasteiger partial charge < -0.3 is 4.84 Å². The average molecular weight is 292 g/mol. The zero-order valence-electron chi connectivity index (χ0n) is 12.6. The summed E-state index contributed by atoms with van der Waals surface area (Å²) in [7, 11) is 0. The van der Waals surface area contributed by atoms with Gasteiger partial charge in [-0.15, -0.1) is 0 Å². The molecule has 0 saturated carbocycles. The molecular weight excluding hydrogens is 272 g/mol. The standard InChI is InChI=1S/C19H20N2O/c1-3-7-16(8-4-1)14-21-12-11-19(15-21)13-18(20-22-19)17-9-5-2-6-10-17/h1-10H,11-15H2. The van der Waals surface area contributed by atoms with Crippen molar-refractivity contribution in [2.24, 2.45) is 5.16 Å². The zero-order chi connectivity index (χ0) is 14.8. The highest BCUT2D eigenvalue weighted by Crippen LogP contribution is 2.35. The Balaban J connectivity index is 1.41. The molecule has 0 aliphatic carbocycles. The number of nitrogens with zero attached hydrogens (tertiary/aromatic N) is 2. The van der Waals surface area contributed by atoms with E-state index >= 15 is 0 Å². The molecule has 2 aromatic rings. The van der Waals surface area contributed by atoms with Crippen molar-refractivity contribution in [2.75, 3.05) is 13.1 Å². The van der Waals surface area contributed by atoms with Gasteiger partial charge in [0.2, 0.25) is 0 Å². The number of hydrogen-bond acceptors (Lipinski definition) is 3. The lowest BCUT2D eigenvalue weighted by Gasteiger charge is -2.21. The quantitative estimate of drug-likeness (QED) is 0.865. The van der Waals surface area contributed by atoms with Crippen molar-refractivity contribution in [3.05, 3.63) is 71.8 Å². The fourth-order valence-electron chi connectivity index (χ4n) is 3.43. The van der Waals surface area contributed by atoms with Crippen LogP contribution in [0.2, 0.25) is 0 Å². The van der Waals surface area contributed by atoms with Crippen LogP contribution in [-0.2, 0) is 11.4 Å². The van der Waals surface area contributed by atoms with Crippen LogP contribution in [0, 0.1) is 0 Å². The van der Waals surface area contributed by atoms with Crippen LogP contribution >= 0.6 is 0 Å². The van der Waals surface area contributed by atoms with Crippen molar-refractivity contribution >= 4 is 5.71 Å². The smallest absolute Gasteiger partial charge is 0.157 e. The van der Waals surface area contributed by atoms with Crippen LogP contribution in [0.1, 0.15) is 24.0 Å². The lowest BCUT2D eigenvalue weighted by Crippen LogP contribution is -2.33. The van der Waals surface area contributed by atoms with Crippen molar-refractivity contribution in [1.82, 2.24) is 4.90 Å². The molecule has 4 rings (SSSR count). The van der Waals surface area contributed by atoms with E-state index in [1.165, 1.54) is 11.1 Å². The van der Waals surface area contributed by atoms with E-state index < -0.39 is 0 Å². The van der Waals surface area contributed by atoms with Crippen molar-refractivity contribution in [3.8, 4) is 0 Å². The Kier molecular flexibility index (Phi) is 3.43. The minimum Gasteiger partial charge on any atom is -0.387 e. The molecule has 0 bridgehead atoms. The Morgan fingerprint density at radius 1 is 1.00 bits per heavy atom. The lowest BCUT2D eigenvalue weighted by molar-refractivity contribution is -0.0104. The molecule has 1 atom stereocenters. The largest absolute Gasteiger partial charge is 0.387 e. The zero-order valence-corrected chi connectivity index (χ0v) is 12.6. The monoisotopic (exact) mass is 292 g/mol. The van der Waals surface area contributed by atoms with Gasteiger partial charge in [-0.25, -0.2) is 0 Å². The van der Waals surface area contributed by atoms with E-state index in [-0.39, 0.29) is 5.60 Å². The summed E-state index contributed by atoms with van der Waals surface area (Å²) >= 11 is 0. The topological polar surface area (TPSA) is 24.8 Å². The first-order chi connectivity index (χ1) is 10.8. The predicted molar refractivity (Wildman–Crippen MR) is 87.7 cm³/mol. The molecule has 0 amide bonds. The molecule has 3 heteroatoms. The Morgan fingerprint density at radius 3 is 2.50 bits per heavy atom. The average Bonchev–Trinajstić information content (AvgIpc) is 3.17. The molecule has 1 unspecified atom stereocenters. The molecule has 2 aromatic carbocycles. The molecule has 0 aromatic heterocycles. The first kappa shape index (κ1) is 13.5. The fourth-order valence-corrected chi connectivity index (χ4v) is 3.43. The summed E-state index contributed by atoms with van der Waals surface area (Å²) in [6.07, 6.45) is 1.97. The highest BCUT2D eigenvalue weighted by Gasteiger charge is 2.45. The van der Waals surface area contributed by atoms with Crippen molar-refractivity contribution < 1.29 is 4.84 Å². The van der Waals surface area contributed by atoms with Gasteiger partial charge in [-0.3, -0.25) is 4.90 Å². The van der Waals surface area contributed by atoms with E-state index in [1.807, 2.05) is 6.07 Å². The fraction of sp³-hybridized carbons (Fsp3) is 0.316. The third-order valence-corrected chi connectivity index (χ3v) is 4.59. The maximum atomic E-state index is 5.88. The second kappa shape index (κ2) is 5.58. The van der Waals surface area contributed by atoms with E-state index in [2.05, 4.69) is 64.7 Å². The summed E-state index contributed by atoms with van der Waals surface area (Å²) in [5.74, 6) is 0. The van der Waals surface area contributed by atoms with Crippen molar-refractivity contribution in [2.45, 2.75) is 25.0 Å². The van der Waals surface area contributed by atoms with Crippen LogP contribution in [-0.4, -0.2) is 29.3 Å². The summed E-state index contributed by atoms with van der Waals surface area (Å²) in [4.78, 5) is 8.35. The van der Waals surface area contributed by atoms with Gasteiger partial charge in [0.05, 0.1) is 5.71 Å². The van der Waals surface area contributed by atoms with Crippen LogP contribution in [0.4, 0.5) is 0 Å². The van der Waals surface area contributed by atoms with Gasteiger partial charge in [-0.05, 0) is 11.1 Å². The van der Waals surface area contributed by atoms with Gasteiger partial charge in [-0.2, -0.15) is 0 Å². The second-order valence-electron chi connectivity index (χ2n) is 6.30. The molecule has 2 heterocycles. The molecule has 2 aliphatic heterocycles. The maximum absolute atomic E-state index is 5.88. The van der Waals surface area contributed by atoms with Gasteiger partial charge in [0.15, 0.2) is 5.60 Å². The van der Waals surface area contributed by atoms with Crippen LogP contribution in [0.15, 0.2) is 65.8 Å². The minimum absolute atomic E-state index is 0.111. The Hall–Kier alpha value is -2.13. The summed E-state index contributed by atoms with van der Waals surface area (Å²) in [6.45, 7) is 3.03. The van der Waals surface area contributed by atoms with E-state index in [0.29, 0.717) is 0 Å². The van der Waals surface area contributed by atoms with Crippen LogP contribution in [0.3, 0.4) is 0 Å². The number of likely N-dealkylation sites (tertiary alicyclic amines) is 1. The number of rotatable bonds is 3. The number of benzene rings is 2. The third-order valence-electron chi connectivity index (χ3n) is 4.59. The number of oxime groups is 1. The molecule has 1 spiro atoms. The first-order valence-electron chi connectivity index (χ1n) is 7.90. The molecule has 1 fully saturated rings. The number of hydrogen-bond donors (Lipinski definition) is 0. The van der Waals surface area contributed by atoms with E-state index in [9.17, 15) is 0 Å². The maximum Gasteiger partial charge on any atom is 0.157 e. The lowest BCUT2D eigenvalue weighted by atomic mass is 9.93. The van der Waals surface area contributed by atoms with E-state index in [4.69, 9.17) is 4.84 Å². The van der Waals surface area contributed by atoms with Gasteiger partial charge in [-0.1, -0.05) is 65.8 Å². The summed E-state index contributed by atoms with van der Waals surface area (Å²) in [6, 6.07) is 21.0. The normalized spacial score (nSPS) is 24.5. The van der Waals surface area contributed by atoms with Crippen LogP contribution < -0.4 is 0 Å². The molecule has 0 N–H and O–H groups in total. The first-order valence-corrected chi connectivity index (χ1v) is 7.90. The summed E-state index contributed by atoms with van der Waals surface area (Å²) in [5, 5.41) is 4.37. The van der Waals surface area contributed by atoms with E-state index in [0.717, 1.165) is 38.2 Å². The van der Waals surface area contributed by atoms with Crippen molar-refractivity contribution in [3.63, 3.8) is 0 Å². The Morgan fingerprint density at radius 2 is 1.73 bits per heavy atom. The third kappa shape index (κ3) is 2.64. The Labute approximate surface area is 131 Å². The van der Waals surface area contributed by atoms with Crippen LogP contribution in [0.25, 0.3) is 0 Å². The molecule has 1 saturated heterocycles. The summed E-state index contributed by atoms with van der Waals surface area (Å²) < 4.78 is 0. The van der Waals surface area contributed by atoms with Gasteiger partial charge in [0, 0.05) is 32.5 Å². The Bertz CT molecular complexity index is 668. The molecular formula is C19H20N2O. The highest BCUT2D eigenvalue weighted by atomic mass is 16.7.